The fraction of sp³-hybridized carbons (Fsp3) is 0.167. The molecule has 2 aromatic carbocycles. The number of aliphatic hydroxyl groups is 1. The summed E-state index contributed by atoms with van der Waals surface area (Å²) in [5.74, 6) is 0.277. The maximum absolute atomic E-state index is 11.8. The van der Waals surface area contributed by atoms with Crippen LogP contribution in [-0.2, 0) is 17.8 Å². The minimum Gasteiger partial charge on any atom is -0.508 e. The van der Waals surface area contributed by atoms with E-state index in [0.717, 1.165) is 16.7 Å². The van der Waals surface area contributed by atoms with Crippen molar-refractivity contribution in [3.8, 4) is 5.75 Å². The lowest BCUT2D eigenvalue weighted by atomic mass is 10.1. The number of aromatic hydroxyl groups is 1. The summed E-state index contributed by atoms with van der Waals surface area (Å²) in [7, 11) is 0. The van der Waals surface area contributed by atoms with Crippen molar-refractivity contribution in [2.24, 2.45) is 0 Å². The first-order valence-electron chi connectivity index (χ1n) is 6.86. The van der Waals surface area contributed by atoms with Gasteiger partial charge < -0.3 is 10.2 Å². The zero-order chi connectivity index (χ0) is 15.1. The second-order valence-corrected chi connectivity index (χ2v) is 4.87. The normalized spacial score (nSPS) is 10.9. The minimum absolute atomic E-state index is 0.0363. The number of phenols is 1. The predicted molar refractivity (Wildman–Crippen MR) is 82.8 cm³/mol. The van der Waals surface area contributed by atoms with E-state index >= 15 is 0 Å². The molecule has 0 spiro atoms. The molecule has 0 aromatic heterocycles. The Morgan fingerprint density at radius 1 is 0.952 bits per heavy atom. The summed E-state index contributed by atoms with van der Waals surface area (Å²) in [5.41, 5.74) is 2.84. The standard InChI is InChI=1S/C18H18O3/c19-13-16-3-1-14(2-4-16)5-9-17(20)10-6-15-7-11-18(21)12-8-15/h1-4,6-8,10-12,19,21H,5,9,13H2/b10-6+. The number of phenolic OH excluding ortho intramolecular Hbond substituents is 1. The molecule has 2 N–H and O–H groups in total. The van der Waals surface area contributed by atoms with Crippen molar-refractivity contribution in [2.45, 2.75) is 19.4 Å². The lowest BCUT2D eigenvalue weighted by Crippen LogP contribution is -1.96. The first-order chi connectivity index (χ1) is 10.2. The largest absolute Gasteiger partial charge is 0.508 e. The summed E-state index contributed by atoms with van der Waals surface area (Å²) in [6, 6.07) is 14.3. The Morgan fingerprint density at radius 2 is 1.57 bits per heavy atom. The number of carbonyl (C=O) groups excluding carboxylic acids is 1. The molecule has 0 radical (unpaired) electrons. The Kier molecular flexibility index (Phi) is 5.29. The molecule has 0 unspecified atom stereocenters. The Labute approximate surface area is 124 Å². The van der Waals surface area contributed by atoms with Crippen molar-refractivity contribution in [1.82, 2.24) is 0 Å². The van der Waals surface area contributed by atoms with Crippen LogP contribution >= 0.6 is 0 Å². The van der Waals surface area contributed by atoms with Crippen LogP contribution in [0.15, 0.2) is 54.6 Å². The van der Waals surface area contributed by atoms with Crippen LogP contribution in [-0.4, -0.2) is 16.0 Å². The molecule has 0 aliphatic rings. The number of carbonyl (C=O) groups is 1. The summed E-state index contributed by atoms with van der Waals surface area (Å²) in [6.07, 6.45) is 4.45. The molecule has 0 saturated carbocycles. The lowest BCUT2D eigenvalue weighted by molar-refractivity contribution is -0.114. The monoisotopic (exact) mass is 282 g/mol. The number of hydrogen-bond donors (Lipinski definition) is 2. The van der Waals surface area contributed by atoms with Crippen LogP contribution in [0.5, 0.6) is 5.75 Å². The van der Waals surface area contributed by atoms with Crippen molar-refractivity contribution in [2.75, 3.05) is 0 Å². The molecule has 2 rings (SSSR count). The smallest absolute Gasteiger partial charge is 0.156 e. The van der Waals surface area contributed by atoms with E-state index in [9.17, 15) is 9.90 Å². The molecular formula is C18H18O3. The van der Waals surface area contributed by atoms with Crippen molar-refractivity contribution >= 4 is 11.9 Å². The van der Waals surface area contributed by atoms with Gasteiger partial charge in [0, 0.05) is 6.42 Å². The van der Waals surface area contributed by atoms with Crippen molar-refractivity contribution in [3.05, 3.63) is 71.3 Å². The van der Waals surface area contributed by atoms with Gasteiger partial charge in [-0.05, 0) is 41.3 Å². The average molecular weight is 282 g/mol. The molecule has 0 fully saturated rings. The van der Waals surface area contributed by atoms with Crippen LogP contribution in [0.2, 0.25) is 0 Å². The van der Waals surface area contributed by atoms with Crippen LogP contribution in [0.4, 0.5) is 0 Å². The molecule has 0 bridgehead atoms. The van der Waals surface area contributed by atoms with E-state index in [1.54, 1.807) is 36.4 Å². The van der Waals surface area contributed by atoms with Crippen LogP contribution in [0.1, 0.15) is 23.1 Å². The summed E-state index contributed by atoms with van der Waals surface area (Å²) in [4.78, 5) is 11.8. The third kappa shape index (κ3) is 4.89. The van der Waals surface area contributed by atoms with Gasteiger partial charge in [-0.1, -0.05) is 42.5 Å². The average Bonchev–Trinajstić information content (AvgIpc) is 2.53. The first-order valence-corrected chi connectivity index (χ1v) is 6.86. The van der Waals surface area contributed by atoms with E-state index in [4.69, 9.17) is 5.11 Å². The topological polar surface area (TPSA) is 57.5 Å². The summed E-state index contributed by atoms with van der Waals surface area (Å²) >= 11 is 0. The number of benzene rings is 2. The lowest BCUT2D eigenvalue weighted by Gasteiger charge is -2.01. The van der Waals surface area contributed by atoms with E-state index < -0.39 is 0 Å². The molecule has 3 nitrogen and oxygen atoms in total. The van der Waals surface area contributed by atoms with Gasteiger partial charge in [-0.25, -0.2) is 0 Å². The Hall–Kier alpha value is -2.39. The van der Waals surface area contributed by atoms with Crippen molar-refractivity contribution < 1.29 is 15.0 Å². The van der Waals surface area contributed by atoms with Gasteiger partial charge in [0.25, 0.3) is 0 Å². The van der Waals surface area contributed by atoms with E-state index in [1.807, 2.05) is 24.3 Å². The fourth-order valence-electron chi connectivity index (χ4n) is 1.94. The fourth-order valence-corrected chi connectivity index (χ4v) is 1.94. The van der Waals surface area contributed by atoms with Gasteiger partial charge in [-0.2, -0.15) is 0 Å². The third-order valence-corrected chi connectivity index (χ3v) is 3.22. The van der Waals surface area contributed by atoms with Crippen LogP contribution in [0.3, 0.4) is 0 Å². The highest BCUT2D eigenvalue weighted by molar-refractivity contribution is 5.93. The Bertz CT molecular complexity index is 610. The van der Waals surface area contributed by atoms with Gasteiger partial charge >= 0.3 is 0 Å². The van der Waals surface area contributed by atoms with Gasteiger partial charge in [-0.3, -0.25) is 4.79 Å². The Morgan fingerprint density at radius 3 is 2.19 bits per heavy atom. The highest BCUT2D eigenvalue weighted by atomic mass is 16.3. The molecule has 3 heteroatoms. The number of rotatable bonds is 6. The first kappa shape index (κ1) is 15.0. The molecular weight excluding hydrogens is 264 g/mol. The number of aryl methyl sites for hydroxylation is 1. The number of hydrogen-bond acceptors (Lipinski definition) is 3. The molecule has 0 aliphatic heterocycles. The van der Waals surface area contributed by atoms with Crippen LogP contribution in [0, 0.1) is 0 Å². The maximum Gasteiger partial charge on any atom is 0.156 e. The highest BCUT2D eigenvalue weighted by Crippen LogP contribution is 2.11. The molecule has 0 saturated heterocycles. The summed E-state index contributed by atoms with van der Waals surface area (Å²) in [6.45, 7) is 0.0363. The zero-order valence-electron chi connectivity index (χ0n) is 11.7. The molecule has 0 heterocycles. The highest BCUT2D eigenvalue weighted by Gasteiger charge is 2.00. The minimum atomic E-state index is 0.0363. The van der Waals surface area contributed by atoms with Gasteiger partial charge in [0.15, 0.2) is 5.78 Å². The Balaban J connectivity index is 1.85. The van der Waals surface area contributed by atoms with Crippen molar-refractivity contribution in [1.29, 1.82) is 0 Å². The summed E-state index contributed by atoms with van der Waals surface area (Å²) in [5, 5.41) is 18.1. The third-order valence-electron chi connectivity index (χ3n) is 3.22. The molecule has 0 atom stereocenters. The second-order valence-electron chi connectivity index (χ2n) is 4.87. The SMILES string of the molecule is O=C(/C=C/c1ccc(O)cc1)CCc1ccc(CO)cc1. The molecule has 21 heavy (non-hydrogen) atoms. The second kappa shape index (κ2) is 7.41. The van der Waals surface area contributed by atoms with E-state index in [-0.39, 0.29) is 18.1 Å². The molecule has 0 amide bonds. The quantitative estimate of drug-likeness (QED) is 0.800. The van der Waals surface area contributed by atoms with Crippen LogP contribution in [0.25, 0.3) is 6.08 Å². The maximum atomic E-state index is 11.8. The van der Waals surface area contributed by atoms with Gasteiger partial charge in [-0.15, -0.1) is 0 Å². The predicted octanol–water partition coefficient (Wildman–Crippen LogP) is 3.10. The van der Waals surface area contributed by atoms with Crippen LogP contribution < -0.4 is 0 Å². The molecule has 0 aliphatic carbocycles. The van der Waals surface area contributed by atoms with E-state index in [1.165, 1.54) is 0 Å². The number of allylic oxidation sites excluding steroid dienone is 1. The van der Waals surface area contributed by atoms with Gasteiger partial charge in [0.2, 0.25) is 0 Å². The number of ketones is 1. The van der Waals surface area contributed by atoms with Gasteiger partial charge in [0.1, 0.15) is 5.75 Å². The van der Waals surface area contributed by atoms with E-state index in [2.05, 4.69) is 0 Å². The molecule has 2 aromatic rings. The number of aliphatic hydroxyl groups excluding tert-OH is 1. The van der Waals surface area contributed by atoms with E-state index in [0.29, 0.717) is 12.8 Å². The van der Waals surface area contributed by atoms with Crippen molar-refractivity contribution in [3.63, 3.8) is 0 Å². The summed E-state index contributed by atoms with van der Waals surface area (Å²) < 4.78 is 0. The molecule has 108 valence electrons. The van der Waals surface area contributed by atoms with Gasteiger partial charge in [0.05, 0.1) is 6.61 Å². The zero-order valence-corrected chi connectivity index (χ0v) is 11.7.